The highest BCUT2D eigenvalue weighted by molar-refractivity contribution is 5.33. The van der Waals surface area contributed by atoms with Crippen molar-refractivity contribution in [3.63, 3.8) is 0 Å². The Morgan fingerprint density at radius 1 is 0.286 bits per heavy atom. The third-order valence-electron chi connectivity index (χ3n) is 8.76. The second kappa shape index (κ2) is 35.5. The smallest absolute Gasteiger partial charge is 0.122 e. The molecule has 0 aromatic heterocycles. The molecule has 0 aliphatic carbocycles. The van der Waals surface area contributed by atoms with Gasteiger partial charge >= 0.3 is 0 Å². The summed E-state index contributed by atoms with van der Waals surface area (Å²) in [6, 6.07) is 33.8. The first-order valence-electron chi connectivity index (χ1n) is 22.3. The van der Waals surface area contributed by atoms with Crippen LogP contribution in [0.2, 0.25) is 0 Å². The monoisotopic (exact) mass is 769 g/mol. The minimum atomic E-state index is 0.761. The third-order valence-corrected chi connectivity index (χ3v) is 8.76. The predicted octanol–water partition coefficient (Wildman–Crippen LogP) is 15.3. The van der Waals surface area contributed by atoms with Crippen LogP contribution < -0.4 is 18.9 Å². The van der Waals surface area contributed by atoms with Gasteiger partial charge in [-0.2, -0.15) is 0 Å². The van der Waals surface area contributed by atoms with Gasteiger partial charge in [-0.3, -0.25) is 0 Å². The molecule has 0 atom stereocenters. The van der Waals surface area contributed by atoms with E-state index in [1.807, 2.05) is 36.4 Å². The SMILES string of the molecule is CCCCc1cccc(CCCC)c1.CCCCc1cccc(OCCC)c1.CCCCc1cccc(OCCC)c1.CCCOc1cccc(OCCC)c1. The lowest BCUT2D eigenvalue weighted by atomic mass is 10.0. The number of ether oxygens (including phenoxy) is 4. The number of rotatable bonds is 24. The molecule has 0 N–H and O–H groups in total. The maximum Gasteiger partial charge on any atom is 0.122 e. The zero-order chi connectivity index (χ0) is 40.9. The van der Waals surface area contributed by atoms with Gasteiger partial charge in [0.25, 0.3) is 0 Å². The second-order valence-corrected chi connectivity index (χ2v) is 14.4. The number of hydrogen-bond donors (Lipinski definition) is 0. The molecule has 0 fully saturated rings. The van der Waals surface area contributed by atoms with Gasteiger partial charge < -0.3 is 18.9 Å². The fourth-order valence-corrected chi connectivity index (χ4v) is 5.58. The Hall–Kier alpha value is -3.92. The van der Waals surface area contributed by atoms with E-state index < -0.39 is 0 Å². The van der Waals surface area contributed by atoms with E-state index in [-0.39, 0.29) is 0 Å². The van der Waals surface area contributed by atoms with Crippen molar-refractivity contribution >= 4 is 0 Å². The van der Waals surface area contributed by atoms with Gasteiger partial charge in [-0.05, 0) is 136 Å². The van der Waals surface area contributed by atoms with E-state index in [2.05, 4.69) is 116 Å². The highest BCUT2D eigenvalue weighted by Gasteiger charge is 1.99. The van der Waals surface area contributed by atoms with E-state index in [0.29, 0.717) is 0 Å². The molecule has 4 aromatic rings. The molecule has 0 radical (unpaired) electrons. The maximum absolute atomic E-state index is 5.58. The molecule has 4 aromatic carbocycles. The van der Waals surface area contributed by atoms with Crippen molar-refractivity contribution in [2.24, 2.45) is 0 Å². The molecule has 0 spiro atoms. The average molecular weight is 769 g/mol. The predicted molar refractivity (Wildman–Crippen MR) is 243 cm³/mol. The summed E-state index contributed by atoms with van der Waals surface area (Å²) < 4.78 is 22.1. The van der Waals surface area contributed by atoms with E-state index in [4.69, 9.17) is 18.9 Å². The Morgan fingerprint density at radius 2 is 0.536 bits per heavy atom. The van der Waals surface area contributed by atoms with Crippen LogP contribution in [0.1, 0.15) is 155 Å². The average Bonchev–Trinajstić information content (AvgIpc) is 3.24. The third kappa shape index (κ3) is 26.0. The topological polar surface area (TPSA) is 36.9 Å². The minimum absolute atomic E-state index is 0.761. The highest BCUT2D eigenvalue weighted by atomic mass is 16.5. The van der Waals surface area contributed by atoms with Crippen molar-refractivity contribution in [2.45, 2.75) is 158 Å². The molecule has 0 saturated heterocycles. The summed E-state index contributed by atoms with van der Waals surface area (Å²) in [6.45, 7) is 20.5. The van der Waals surface area contributed by atoms with Gasteiger partial charge in [0.05, 0.1) is 26.4 Å². The molecule has 0 unspecified atom stereocenters. The molecule has 56 heavy (non-hydrogen) atoms. The molecule has 4 rings (SSSR count). The van der Waals surface area contributed by atoms with Crippen molar-refractivity contribution in [1.82, 2.24) is 0 Å². The van der Waals surface area contributed by atoms with Crippen LogP contribution in [-0.2, 0) is 25.7 Å². The summed E-state index contributed by atoms with van der Waals surface area (Å²) in [5, 5.41) is 0. The van der Waals surface area contributed by atoms with Crippen LogP contribution in [0, 0.1) is 0 Å². The van der Waals surface area contributed by atoms with Crippen LogP contribution >= 0.6 is 0 Å². The Balaban J connectivity index is 0.000000373. The molecule has 0 bridgehead atoms. The number of unbranched alkanes of at least 4 members (excludes halogenated alkanes) is 4. The quantitative estimate of drug-likeness (QED) is 0.0711. The van der Waals surface area contributed by atoms with E-state index >= 15 is 0 Å². The lowest BCUT2D eigenvalue weighted by Crippen LogP contribution is -1.97. The van der Waals surface area contributed by atoms with E-state index in [1.165, 1.54) is 99.3 Å². The van der Waals surface area contributed by atoms with Gasteiger partial charge in [-0.25, -0.2) is 0 Å². The Morgan fingerprint density at radius 3 is 0.821 bits per heavy atom. The van der Waals surface area contributed by atoms with Gasteiger partial charge in [0, 0.05) is 6.07 Å². The van der Waals surface area contributed by atoms with Crippen LogP contribution in [0.3, 0.4) is 0 Å². The van der Waals surface area contributed by atoms with Crippen LogP contribution in [-0.4, -0.2) is 26.4 Å². The molecule has 4 heteroatoms. The molecule has 0 aliphatic heterocycles. The minimum Gasteiger partial charge on any atom is -0.494 e. The maximum atomic E-state index is 5.58. The fourth-order valence-electron chi connectivity index (χ4n) is 5.58. The first-order chi connectivity index (χ1) is 27.5. The summed E-state index contributed by atoms with van der Waals surface area (Å²) in [7, 11) is 0. The Bertz CT molecular complexity index is 1150. The Kier molecular flexibility index (Phi) is 31.8. The van der Waals surface area contributed by atoms with Crippen molar-refractivity contribution in [3.05, 3.63) is 119 Å². The van der Waals surface area contributed by atoms with Crippen molar-refractivity contribution in [3.8, 4) is 23.0 Å². The second-order valence-electron chi connectivity index (χ2n) is 14.4. The normalized spacial score (nSPS) is 10.1. The molecule has 0 aliphatic rings. The zero-order valence-electron chi connectivity index (χ0n) is 37.0. The van der Waals surface area contributed by atoms with Gasteiger partial charge in [-0.15, -0.1) is 0 Å². The standard InChI is InChI=1S/C14H22.2C13H20O.C12H18O2/c1-3-5-8-13-10-7-11-14(12-13)9-6-4-2;2*1-3-5-7-12-8-6-9-13(11-12)14-10-4-2;1-3-8-13-11-6-5-7-12(10-11)14-9-4-2/h7,10-12H,3-6,8-9H2,1-2H3;2*6,8-9,11H,3-5,7,10H2,1-2H3;5-7,10H,3-4,8-9H2,1-2H3. The van der Waals surface area contributed by atoms with Crippen molar-refractivity contribution < 1.29 is 18.9 Å². The van der Waals surface area contributed by atoms with E-state index in [0.717, 1.165) is 75.1 Å². The summed E-state index contributed by atoms with van der Waals surface area (Å²) in [5.74, 6) is 3.81. The summed E-state index contributed by atoms with van der Waals surface area (Å²) in [4.78, 5) is 0. The van der Waals surface area contributed by atoms with Crippen LogP contribution in [0.15, 0.2) is 97.1 Å². The lowest BCUT2D eigenvalue weighted by Gasteiger charge is -2.07. The van der Waals surface area contributed by atoms with Crippen molar-refractivity contribution in [2.75, 3.05) is 26.4 Å². The van der Waals surface area contributed by atoms with Crippen molar-refractivity contribution in [1.29, 1.82) is 0 Å². The number of hydrogen-bond acceptors (Lipinski definition) is 4. The van der Waals surface area contributed by atoms with Gasteiger partial charge in [-0.1, -0.05) is 136 Å². The molecule has 312 valence electrons. The zero-order valence-corrected chi connectivity index (χ0v) is 37.0. The van der Waals surface area contributed by atoms with E-state index in [1.54, 1.807) is 0 Å². The highest BCUT2D eigenvalue weighted by Crippen LogP contribution is 2.20. The van der Waals surface area contributed by atoms with Gasteiger partial charge in [0.2, 0.25) is 0 Å². The first kappa shape index (κ1) is 50.1. The fraction of sp³-hybridized carbons (Fsp3) is 0.538. The summed E-state index contributed by atoms with van der Waals surface area (Å²) in [5.41, 5.74) is 5.81. The largest absolute Gasteiger partial charge is 0.494 e. The van der Waals surface area contributed by atoms with Crippen LogP contribution in [0.25, 0.3) is 0 Å². The molecule has 0 heterocycles. The molecular weight excluding hydrogens is 689 g/mol. The first-order valence-corrected chi connectivity index (χ1v) is 22.3. The lowest BCUT2D eigenvalue weighted by molar-refractivity contribution is 0.301. The molecule has 4 nitrogen and oxygen atoms in total. The Labute approximate surface area is 344 Å². The summed E-state index contributed by atoms with van der Waals surface area (Å²) in [6.07, 6.45) is 19.3. The molecule has 0 saturated carbocycles. The van der Waals surface area contributed by atoms with Gasteiger partial charge in [0.1, 0.15) is 23.0 Å². The van der Waals surface area contributed by atoms with Crippen LogP contribution in [0.4, 0.5) is 0 Å². The summed E-state index contributed by atoms with van der Waals surface area (Å²) >= 11 is 0. The van der Waals surface area contributed by atoms with E-state index in [9.17, 15) is 0 Å². The van der Waals surface area contributed by atoms with Crippen LogP contribution in [0.5, 0.6) is 23.0 Å². The number of aryl methyl sites for hydroxylation is 4. The molecule has 0 amide bonds. The number of benzene rings is 4. The molecular formula is C52H80O4. The van der Waals surface area contributed by atoms with Gasteiger partial charge in [0.15, 0.2) is 0 Å².